The second kappa shape index (κ2) is 5.49. The van der Waals surface area contributed by atoms with Gasteiger partial charge in [0.1, 0.15) is 0 Å². The Kier molecular flexibility index (Phi) is 4.58. The summed E-state index contributed by atoms with van der Waals surface area (Å²) in [5, 5.41) is 0. The Bertz CT molecular complexity index is 181. The third kappa shape index (κ3) is 2.80. The van der Waals surface area contributed by atoms with Gasteiger partial charge in [0, 0.05) is 31.7 Å². The van der Waals surface area contributed by atoms with Gasteiger partial charge >= 0.3 is 0 Å². The van der Waals surface area contributed by atoms with Crippen molar-refractivity contribution in [3.63, 3.8) is 0 Å². The predicted molar refractivity (Wildman–Crippen MR) is 61.3 cm³/mol. The zero-order chi connectivity index (χ0) is 10.6. The van der Waals surface area contributed by atoms with Gasteiger partial charge in [-0.1, -0.05) is 6.08 Å². The van der Waals surface area contributed by atoms with Crippen LogP contribution in [0.1, 0.15) is 13.3 Å². The van der Waals surface area contributed by atoms with Gasteiger partial charge in [-0.2, -0.15) is 0 Å². The van der Waals surface area contributed by atoms with Crippen LogP contribution >= 0.6 is 0 Å². The number of hydrogen-bond acceptors (Lipinski definition) is 3. The van der Waals surface area contributed by atoms with Crippen LogP contribution in [0.5, 0.6) is 0 Å². The molecule has 0 aliphatic carbocycles. The number of nitrogens with two attached hydrogens (primary N) is 1. The first-order valence-corrected chi connectivity index (χ1v) is 5.44. The number of hydrogen-bond donors (Lipinski definition) is 1. The Morgan fingerprint density at radius 1 is 1.57 bits per heavy atom. The molecule has 2 atom stereocenters. The lowest BCUT2D eigenvalue weighted by molar-refractivity contribution is 0.166. The van der Waals surface area contributed by atoms with Crippen molar-refractivity contribution < 1.29 is 0 Å². The first-order chi connectivity index (χ1) is 6.69. The lowest BCUT2D eigenvalue weighted by Crippen LogP contribution is -2.48. The maximum atomic E-state index is 5.82. The first kappa shape index (κ1) is 11.7. The van der Waals surface area contributed by atoms with Crippen molar-refractivity contribution in [3.05, 3.63) is 12.7 Å². The summed E-state index contributed by atoms with van der Waals surface area (Å²) in [6, 6.07) is 1.10. The molecule has 0 aromatic rings. The summed E-state index contributed by atoms with van der Waals surface area (Å²) in [7, 11) is 2.17. The average Bonchev–Trinajstić information content (AvgIpc) is 2.31. The fourth-order valence-corrected chi connectivity index (χ4v) is 2.18. The molecule has 2 N–H and O–H groups in total. The molecule has 1 aliphatic heterocycles. The third-order valence-corrected chi connectivity index (χ3v) is 3.10. The van der Waals surface area contributed by atoms with E-state index in [2.05, 4.69) is 30.4 Å². The summed E-state index contributed by atoms with van der Waals surface area (Å²) in [4.78, 5) is 4.84. The monoisotopic (exact) mass is 197 g/mol. The molecular weight excluding hydrogens is 174 g/mol. The minimum Gasteiger partial charge on any atom is -0.329 e. The fraction of sp³-hybridized carbons (Fsp3) is 0.818. The van der Waals surface area contributed by atoms with Crippen LogP contribution in [0.2, 0.25) is 0 Å². The first-order valence-electron chi connectivity index (χ1n) is 5.44. The van der Waals surface area contributed by atoms with Crippen LogP contribution in [-0.4, -0.2) is 55.1 Å². The highest BCUT2D eigenvalue weighted by Crippen LogP contribution is 2.14. The van der Waals surface area contributed by atoms with Crippen molar-refractivity contribution in [2.45, 2.75) is 25.4 Å². The minimum atomic E-state index is 0.482. The Morgan fingerprint density at radius 2 is 2.29 bits per heavy atom. The van der Waals surface area contributed by atoms with Crippen LogP contribution < -0.4 is 5.73 Å². The van der Waals surface area contributed by atoms with E-state index in [1.165, 1.54) is 13.0 Å². The zero-order valence-electron chi connectivity index (χ0n) is 9.45. The molecule has 1 rings (SSSR count). The second-order valence-corrected chi connectivity index (χ2v) is 4.27. The largest absolute Gasteiger partial charge is 0.329 e. The topological polar surface area (TPSA) is 32.5 Å². The van der Waals surface area contributed by atoms with Gasteiger partial charge in [-0.15, -0.1) is 6.58 Å². The van der Waals surface area contributed by atoms with Crippen molar-refractivity contribution in [1.29, 1.82) is 0 Å². The van der Waals surface area contributed by atoms with Crippen LogP contribution in [0.15, 0.2) is 12.7 Å². The lowest BCUT2D eigenvalue weighted by atomic mass is 10.1. The molecule has 1 heterocycles. The van der Waals surface area contributed by atoms with Gasteiger partial charge in [0.05, 0.1) is 0 Å². The third-order valence-electron chi connectivity index (χ3n) is 3.10. The van der Waals surface area contributed by atoms with Gasteiger partial charge < -0.3 is 10.6 Å². The highest BCUT2D eigenvalue weighted by Gasteiger charge is 2.25. The molecule has 2 unspecified atom stereocenters. The summed E-state index contributed by atoms with van der Waals surface area (Å²) in [6.45, 7) is 10.0. The summed E-state index contributed by atoms with van der Waals surface area (Å²) in [6.07, 6.45) is 3.20. The van der Waals surface area contributed by atoms with Crippen LogP contribution in [-0.2, 0) is 0 Å². The van der Waals surface area contributed by atoms with Crippen LogP contribution in [0.3, 0.4) is 0 Å². The Hall–Kier alpha value is -0.380. The number of likely N-dealkylation sites (N-methyl/N-ethyl adjacent to an activating group) is 1. The SMILES string of the molecule is C=CCN1C(C)CCN(C)CC1CN. The van der Waals surface area contributed by atoms with Gasteiger partial charge in [0.25, 0.3) is 0 Å². The molecule has 82 valence electrons. The van der Waals surface area contributed by atoms with Crippen LogP contribution in [0.25, 0.3) is 0 Å². The highest BCUT2D eigenvalue weighted by atomic mass is 15.3. The normalized spacial score (nSPS) is 31.4. The highest BCUT2D eigenvalue weighted by molar-refractivity contribution is 4.87. The quantitative estimate of drug-likeness (QED) is 0.670. The molecule has 0 spiro atoms. The molecule has 14 heavy (non-hydrogen) atoms. The lowest BCUT2D eigenvalue weighted by Gasteiger charge is -2.33. The number of nitrogens with zero attached hydrogens (tertiary/aromatic N) is 2. The number of rotatable bonds is 3. The maximum absolute atomic E-state index is 5.82. The average molecular weight is 197 g/mol. The minimum absolute atomic E-state index is 0.482. The molecule has 0 radical (unpaired) electrons. The molecule has 0 aromatic heterocycles. The Balaban J connectivity index is 2.67. The van der Waals surface area contributed by atoms with Crippen molar-refractivity contribution in [2.75, 3.05) is 33.2 Å². The molecule has 0 amide bonds. The van der Waals surface area contributed by atoms with Gasteiger partial charge in [-0.25, -0.2) is 0 Å². The van der Waals surface area contributed by atoms with Crippen molar-refractivity contribution in [3.8, 4) is 0 Å². The van der Waals surface area contributed by atoms with Gasteiger partial charge in [-0.05, 0) is 26.9 Å². The van der Waals surface area contributed by atoms with E-state index in [0.717, 1.165) is 19.6 Å². The molecule has 1 fully saturated rings. The molecule has 0 saturated carbocycles. The van der Waals surface area contributed by atoms with E-state index in [4.69, 9.17) is 5.73 Å². The second-order valence-electron chi connectivity index (χ2n) is 4.27. The van der Waals surface area contributed by atoms with E-state index < -0.39 is 0 Å². The van der Waals surface area contributed by atoms with Crippen molar-refractivity contribution >= 4 is 0 Å². The smallest absolute Gasteiger partial charge is 0.0351 e. The summed E-state index contributed by atoms with van der Waals surface area (Å²) < 4.78 is 0. The van der Waals surface area contributed by atoms with Crippen LogP contribution in [0.4, 0.5) is 0 Å². The summed E-state index contributed by atoms with van der Waals surface area (Å²) in [5.41, 5.74) is 5.82. The zero-order valence-corrected chi connectivity index (χ0v) is 9.45. The summed E-state index contributed by atoms with van der Waals surface area (Å²) in [5.74, 6) is 0. The van der Waals surface area contributed by atoms with Crippen molar-refractivity contribution in [1.82, 2.24) is 9.80 Å². The van der Waals surface area contributed by atoms with E-state index in [1.54, 1.807) is 0 Å². The van der Waals surface area contributed by atoms with Gasteiger partial charge in [-0.3, -0.25) is 4.90 Å². The van der Waals surface area contributed by atoms with E-state index in [1.807, 2.05) is 6.08 Å². The summed E-state index contributed by atoms with van der Waals surface area (Å²) >= 11 is 0. The molecule has 0 aromatic carbocycles. The Morgan fingerprint density at radius 3 is 2.86 bits per heavy atom. The van der Waals surface area contributed by atoms with Gasteiger partial charge in [0.15, 0.2) is 0 Å². The van der Waals surface area contributed by atoms with Crippen molar-refractivity contribution in [2.24, 2.45) is 5.73 Å². The van der Waals surface area contributed by atoms with Gasteiger partial charge in [0.2, 0.25) is 0 Å². The molecule has 3 heteroatoms. The molecule has 1 saturated heterocycles. The fourth-order valence-electron chi connectivity index (χ4n) is 2.18. The molecule has 3 nitrogen and oxygen atoms in total. The molecule has 0 bridgehead atoms. The molecular formula is C11H23N3. The standard InChI is InChI=1S/C11H23N3/c1-4-6-14-10(2)5-7-13(3)9-11(14)8-12/h4,10-11H,1,5-9,12H2,2-3H3. The van der Waals surface area contributed by atoms with E-state index in [-0.39, 0.29) is 0 Å². The Labute approximate surface area is 87.6 Å². The maximum Gasteiger partial charge on any atom is 0.0351 e. The van der Waals surface area contributed by atoms with E-state index in [9.17, 15) is 0 Å². The van der Waals surface area contributed by atoms with E-state index in [0.29, 0.717) is 12.1 Å². The predicted octanol–water partition coefficient (Wildman–Crippen LogP) is 0.526. The van der Waals surface area contributed by atoms with E-state index >= 15 is 0 Å². The molecule has 1 aliphatic rings. The van der Waals surface area contributed by atoms with Crippen LogP contribution in [0, 0.1) is 0 Å².